The zero-order valence-corrected chi connectivity index (χ0v) is 8.86. The Hall–Kier alpha value is -1.31. The van der Waals surface area contributed by atoms with Crippen LogP contribution in [0.4, 0.5) is 5.69 Å². The maximum Gasteiger partial charge on any atom is 0.106 e. The number of hydrogen-bond donors (Lipinski definition) is 0. The van der Waals surface area contributed by atoms with Crippen LogP contribution in [0.15, 0.2) is 24.3 Å². The first-order chi connectivity index (χ1) is 6.77. The van der Waals surface area contributed by atoms with E-state index >= 15 is 0 Å². The second-order valence-electron chi connectivity index (χ2n) is 3.76. The Morgan fingerprint density at radius 3 is 2.00 bits per heavy atom. The molecule has 0 unspecified atom stereocenters. The maximum absolute atomic E-state index is 8.00. The maximum atomic E-state index is 8.00. The first-order valence-corrected chi connectivity index (χ1v) is 4.83. The fourth-order valence-electron chi connectivity index (χ4n) is 1.46. The van der Waals surface area contributed by atoms with Crippen molar-refractivity contribution in [1.29, 1.82) is 0 Å². The lowest BCUT2D eigenvalue weighted by Crippen LogP contribution is -2.08. The highest BCUT2D eigenvalue weighted by Crippen LogP contribution is 2.40. The van der Waals surface area contributed by atoms with Crippen LogP contribution >= 0.6 is 0 Å². The van der Waals surface area contributed by atoms with Crippen LogP contribution in [-0.4, -0.2) is 20.9 Å². The third-order valence-corrected chi connectivity index (χ3v) is 2.46. The van der Waals surface area contributed by atoms with Crippen molar-refractivity contribution in [2.75, 3.05) is 19.0 Å². The van der Waals surface area contributed by atoms with E-state index < -0.39 is 0 Å². The predicted octanol–water partition coefficient (Wildman–Crippen LogP) is 2.45. The SMILES string of the molecule is C=O.CN(C)c1ccc(C2CC2)cc1. The molecular formula is C12H17NO. The van der Waals surface area contributed by atoms with E-state index in [0.717, 1.165) is 5.92 Å². The van der Waals surface area contributed by atoms with E-state index in [4.69, 9.17) is 4.79 Å². The second-order valence-corrected chi connectivity index (χ2v) is 3.76. The van der Waals surface area contributed by atoms with Gasteiger partial charge in [-0.05, 0) is 36.5 Å². The molecule has 0 aromatic heterocycles. The molecule has 76 valence electrons. The Kier molecular flexibility index (Phi) is 3.69. The average Bonchev–Trinajstić information content (AvgIpc) is 3.04. The van der Waals surface area contributed by atoms with E-state index in [0.29, 0.717) is 0 Å². The quantitative estimate of drug-likeness (QED) is 0.715. The summed E-state index contributed by atoms with van der Waals surface area (Å²) in [5.41, 5.74) is 2.81. The van der Waals surface area contributed by atoms with Crippen LogP contribution in [0.3, 0.4) is 0 Å². The van der Waals surface area contributed by atoms with E-state index in [1.807, 2.05) is 6.79 Å². The molecule has 1 aromatic rings. The Labute approximate surface area is 85.5 Å². The minimum absolute atomic E-state index is 0.876. The van der Waals surface area contributed by atoms with Gasteiger partial charge in [0.15, 0.2) is 0 Å². The lowest BCUT2D eigenvalue weighted by atomic mass is 10.1. The molecule has 0 spiro atoms. The van der Waals surface area contributed by atoms with Crippen molar-refractivity contribution in [3.05, 3.63) is 29.8 Å². The fraction of sp³-hybridized carbons (Fsp3) is 0.417. The number of hydrogen-bond acceptors (Lipinski definition) is 2. The van der Waals surface area contributed by atoms with Crippen LogP contribution < -0.4 is 4.90 Å². The highest BCUT2D eigenvalue weighted by atomic mass is 16.1. The van der Waals surface area contributed by atoms with Gasteiger partial charge < -0.3 is 9.69 Å². The summed E-state index contributed by atoms with van der Waals surface area (Å²) in [4.78, 5) is 10.1. The Morgan fingerprint density at radius 2 is 1.64 bits per heavy atom. The first-order valence-electron chi connectivity index (χ1n) is 4.83. The molecule has 2 rings (SSSR count). The Bertz CT molecular complexity index is 254. The monoisotopic (exact) mass is 191 g/mol. The van der Waals surface area contributed by atoms with Crippen LogP contribution in [0.5, 0.6) is 0 Å². The molecule has 14 heavy (non-hydrogen) atoms. The standard InChI is InChI=1S/C11H15N.CH2O/c1-12(2)11-7-5-10(6-8-11)9-3-4-9;1-2/h5-9H,3-4H2,1-2H3;1H2. The smallest absolute Gasteiger partial charge is 0.106 e. The van der Waals surface area contributed by atoms with E-state index in [1.54, 1.807) is 0 Å². The molecule has 0 atom stereocenters. The minimum atomic E-state index is 0.876. The third-order valence-electron chi connectivity index (χ3n) is 2.46. The Morgan fingerprint density at radius 1 is 1.14 bits per heavy atom. The predicted molar refractivity (Wildman–Crippen MR) is 59.9 cm³/mol. The molecule has 1 fully saturated rings. The first kappa shape index (κ1) is 10.8. The van der Waals surface area contributed by atoms with Crippen molar-refractivity contribution in [3.63, 3.8) is 0 Å². The Balaban J connectivity index is 0.000000461. The molecule has 0 N–H and O–H groups in total. The van der Waals surface area contributed by atoms with Gasteiger partial charge in [0.05, 0.1) is 0 Å². The van der Waals surface area contributed by atoms with Crippen molar-refractivity contribution >= 4 is 12.5 Å². The molecule has 1 aliphatic carbocycles. The van der Waals surface area contributed by atoms with E-state index in [1.165, 1.54) is 24.1 Å². The average molecular weight is 191 g/mol. The second kappa shape index (κ2) is 4.80. The lowest BCUT2D eigenvalue weighted by molar-refractivity contribution is -0.0979. The third kappa shape index (κ3) is 2.59. The molecule has 0 aliphatic heterocycles. The molecule has 0 saturated heterocycles. The van der Waals surface area contributed by atoms with Gasteiger partial charge in [-0.1, -0.05) is 12.1 Å². The summed E-state index contributed by atoms with van der Waals surface area (Å²) in [6, 6.07) is 8.92. The number of carbonyl (C=O) groups excluding carboxylic acids is 1. The molecule has 0 amide bonds. The van der Waals surface area contributed by atoms with E-state index in [-0.39, 0.29) is 0 Å². The van der Waals surface area contributed by atoms with Crippen molar-refractivity contribution in [2.24, 2.45) is 0 Å². The van der Waals surface area contributed by atoms with Crippen LogP contribution in [0.1, 0.15) is 24.3 Å². The van der Waals surface area contributed by atoms with Gasteiger partial charge in [0.2, 0.25) is 0 Å². The van der Waals surface area contributed by atoms with Crippen molar-refractivity contribution in [2.45, 2.75) is 18.8 Å². The molecule has 0 heterocycles. The van der Waals surface area contributed by atoms with Crippen LogP contribution in [0.2, 0.25) is 0 Å². The highest BCUT2D eigenvalue weighted by molar-refractivity contribution is 5.47. The number of rotatable bonds is 2. The van der Waals surface area contributed by atoms with Crippen LogP contribution in [0, 0.1) is 0 Å². The molecule has 1 aromatic carbocycles. The summed E-state index contributed by atoms with van der Waals surface area (Å²) < 4.78 is 0. The van der Waals surface area contributed by atoms with Crippen molar-refractivity contribution < 1.29 is 4.79 Å². The summed E-state index contributed by atoms with van der Waals surface area (Å²) in [6.07, 6.45) is 2.78. The zero-order chi connectivity index (χ0) is 10.6. The molecular weight excluding hydrogens is 174 g/mol. The van der Waals surface area contributed by atoms with Gasteiger partial charge in [-0.15, -0.1) is 0 Å². The van der Waals surface area contributed by atoms with Crippen molar-refractivity contribution in [1.82, 2.24) is 0 Å². The zero-order valence-electron chi connectivity index (χ0n) is 8.86. The fourth-order valence-corrected chi connectivity index (χ4v) is 1.46. The van der Waals surface area contributed by atoms with Gasteiger partial charge in [-0.3, -0.25) is 0 Å². The van der Waals surface area contributed by atoms with Gasteiger partial charge >= 0.3 is 0 Å². The summed E-state index contributed by atoms with van der Waals surface area (Å²) in [5, 5.41) is 0. The van der Waals surface area contributed by atoms with Gasteiger partial charge in [0, 0.05) is 19.8 Å². The number of benzene rings is 1. The largest absolute Gasteiger partial charge is 0.378 e. The topological polar surface area (TPSA) is 20.3 Å². The van der Waals surface area contributed by atoms with Crippen molar-refractivity contribution in [3.8, 4) is 0 Å². The minimum Gasteiger partial charge on any atom is -0.378 e. The van der Waals surface area contributed by atoms with Gasteiger partial charge in [0.25, 0.3) is 0 Å². The summed E-state index contributed by atoms with van der Waals surface area (Å²) in [6.45, 7) is 2.00. The molecule has 2 heteroatoms. The van der Waals surface area contributed by atoms with E-state index in [9.17, 15) is 0 Å². The highest BCUT2D eigenvalue weighted by Gasteiger charge is 2.22. The molecule has 1 aliphatic rings. The molecule has 2 nitrogen and oxygen atoms in total. The molecule has 0 radical (unpaired) electrons. The molecule has 0 bridgehead atoms. The normalized spacial score (nSPS) is 14.1. The van der Waals surface area contributed by atoms with Gasteiger partial charge in [-0.25, -0.2) is 0 Å². The summed E-state index contributed by atoms with van der Waals surface area (Å²) >= 11 is 0. The number of anilines is 1. The van der Waals surface area contributed by atoms with E-state index in [2.05, 4.69) is 43.3 Å². The number of nitrogens with zero attached hydrogens (tertiary/aromatic N) is 1. The lowest BCUT2D eigenvalue weighted by Gasteiger charge is -2.12. The van der Waals surface area contributed by atoms with Gasteiger partial charge in [0.1, 0.15) is 6.79 Å². The van der Waals surface area contributed by atoms with Crippen LogP contribution in [0.25, 0.3) is 0 Å². The summed E-state index contributed by atoms with van der Waals surface area (Å²) in [7, 11) is 4.15. The van der Waals surface area contributed by atoms with Gasteiger partial charge in [-0.2, -0.15) is 0 Å². The summed E-state index contributed by atoms with van der Waals surface area (Å²) in [5.74, 6) is 0.876. The number of carbonyl (C=O) groups is 1. The van der Waals surface area contributed by atoms with Crippen LogP contribution in [-0.2, 0) is 4.79 Å². The molecule has 1 saturated carbocycles.